The van der Waals surface area contributed by atoms with Crippen LogP contribution in [0.3, 0.4) is 0 Å². The van der Waals surface area contributed by atoms with E-state index in [1.54, 1.807) is 0 Å². The Bertz CT molecular complexity index is 455. The van der Waals surface area contributed by atoms with Crippen LogP contribution in [0.5, 0.6) is 0 Å². The molecule has 2 unspecified atom stereocenters. The van der Waals surface area contributed by atoms with Crippen molar-refractivity contribution in [2.75, 3.05) is 13.2 Å². The van der Waals surface area contributed by atoms with Crippen molar-refractivity contribution in [3.05, 3.63) is 0 Å². The highest BCUT2D eigenvalue weighted by Crippen LogP contribution is 2.86. The molecule has 0 bridgehead atoms. The van der Waals surface area contributed by atoms with Crippen LogP contribution in [0.25, 0.3) is 0 Å². The summed E-state index contributed by atoms with van der Waals surface area (Å²) in [5.74, 6) is -5.96. The summed E-state index contributed by atoms with van der Waals surface area (Å²) >= 11 is 29.5. The van der Waals surface area contributed by atoms with Gasteiger partial charge in [0.1, 0.15) is 6.10 Å². The number of hydrogen-bond acceptors (Lipinski definition) is 5. The summed E-state index contributed by atoms with van der Waals surface area (Å²) in [7, 11) is 0. The molecule has 94 valence electrons. The van der Waals surface area contributed by atoms with E-state index in [0.717, 1.165) is 0 Å². The van der Waals surface area contributed by atoms with E-state index >= 15 is 0 Å². The molecule has 2 heterocycles. The van der Waals surface area contributed by atoms with E-state index in [2.05, 4.69) is 13.5 Å². The molecule has 0 saturated carbocycles. The van der Waals surface area contributed by atoms with E-state index in [-0.39, 0.29) is 12.7 Å². The molecule has 0 aliphatic carbocycles. The fourth-order valence-electron chi connectivity index (χ4n) is 0.842. The van der Waals surface area contributed by atoms with Crippen molar-refractivity contribution in [1.29, 1.82) is 0 Å². The van der Waals surface area contributed by atoms with Crippen molar-refractivity contribution in [2.24, 2.45) is 13.5 Å². The molecule has 2 rings (SSSR count). The molecule has 0 radical (unpaired) electrons. The predicted octanol–water partition coefficient (Wildman–Crippen LogP) is 6.45. The molecule has 1 saturated heterocycles. The zero-order valence-electron chi connectivity index (χ0n) is 7.38. The zero-order chi connectivity index (χ0) is 12.0. The molecular formula is C3H5Cl5N3O2P3. The Labute approximate surface area is 116 Å². The lowest BCUT2D eigenvalue weighted by molar-refractivity contribution is 0.284. The van der Waals surface area contributed by atoms with Crippen LogP contribution < -0.4 is 0 Å². The minimum atomic E-state index is -3.00. The standard InChI is InChI=1S/C3H5Cl5N3O2P3/c4-14(5)9-15(6,7)11-16(8,10-14)13-2-3-1-12-3/h3H,1-2H2. The molecule has 0 spiro atoms. The van der Waals surface area contributed by atoms with Gasteiger partial charge >= 0.3 is 0 Å². The molecule has 5 nitrogen and oxygen atoms in total. The average molecular weight is 385 g/mol. The number of nitrogens with zero attached hydrogens (tertiary/aromatic N) is 3. The first kappa shape index (κ1) is 14.5. The molecule has 13 heteroatoms. The van der Waals surface area contributed by atoms with Crippen molar-refractivity contribution < 1.29 is 9.26 Å². The van der Waals surface area contributed by atoms with Crippen molar-refractivity contribution in [2.45, 2.75) is 6.10 Å². The summed E-state index contributed by atoms with van der Waals surface area (Å²) in [6.45, 7) is -2.10. The topological polar surface area (TPSA) is 58.8 Å². The molecule has 0 N–H and O–H groups in total. The number of rotatable bonds is 3. The number of epoxide rings is 1. The largest absolute Gasteiger partial charge is 0.371 e. The third-order valence-electron chi connectivity index (χ3n) is 1.48. The third-order valence-corrected chi connectivity index (χ3v) is 13.5. The monoisotopic (exact) mass is 383 g/mol. The Morgan fingerprint density at radius 1 is 1.06 bits per heavy atom. The molecular weight excluding hydrogens is 380 g/mol. The highest BCUT2D eigenvalue weighted by molar-refractivity contribution is 8.22. The van der Waals surface area contributed by atoms with Gasteiger partial charge in [-0.1, -0.05) is 0 Å². The first-order valence-corrected chi connectivity index (χ1v) is 13.4. The van der Waals surface area contributed by atoms with E-state index in [0.29, 0.717) is 6.61 Å². The Hall–Kier alpha value is 2.06. The van der Waals surface area contributed by atoms with Crippen molar-refractivity contribution in [1.82, 2.24) is 0 Å². The van der Waals surface area contributed by atoms with Crippen molar-refractivity contribution >= 4 is 74.8 Å². The smallest absolute Gasteiger partial charge is 0.299 e. The van der Waals surface area contributed by atoms with Crippen LogP contribution in [0.1, 0.15) is 0 Å². The lowest BCUT2D eigenvalue weighted by atomic mass is 10.5. The maximum absolute atomic E-state index is 6.07. The molecule has 2 atom stereocenters. The predicted molar refractivity (Wildman–Crippen MR) is 73.0 cm³/mol. The second-order valence-corrected chi connectivity index (χ2v) is 16.1. The SMILES string of the molecule is ClP1(Cl)=NP(Cl)(Cl)=NP(Cl)(OCC2CO2)=N1. The quantitative estimate of drug-likeness (QED) is 0.414. The van der Waals surface area contributed by atoms with Gasteiger partial charge < -0.3 is 9.26 Å². The number of ether oxygens (including phenoxy) is 1. The first-order chi connectivity index (χ1) is 7.20. The van der Waals surface area contributed by atoms with Gasteiger partial charge in [-0.25, -0.2) is 0 Å². The van der Waals surface area contributed by atoms with Gasteiger partial charge in [0.2, 0.25) is 0 Å². The van der Waals surface area contributed by atoms with E-state index in [4.69, 9.17) is 65.5 Å². The van der Waals surface area contributed by atoms with Crippen LogP contribution >= 0.6 is 74.8 Å². The summed E-state index contributed by atoms with van der Waals surface area (Å²) < 4.78 is 21.9. The fraction of sp³-hybridized carbons (Fsp3) is 1.00. The van der Waals surface area contributed by atoms with E-state index in [1.165, 1.54) is 0 Å². The normalized spacial score (nSPS) is 39.2. The van der Waals surface area contributed by atoms with Gasteiger partial charge in [-0.15, -0.1) is 0 Å². The second kappa shape index (κ2) is 4.87. The van der Waals surface area contributed by atoms with E-state index < -0.39 is 18.6 Å². The number of halogens is 5. The van der Waals surface area contributed by atoms with Gasteiger partial charge in [-0.2, -0.15) is 13.5 Å². The van der Waals surface area contributed by atoms with Crippen LogP contribution in [0.15, 0.2) is 13.5 Å². The second-order valence-electron chi connectivity index (χ2n) is 2.90. The maximum atomic E-state index is 6.07. The molecule has 1 fully saturated rings. The molecule has 0 aromatic heterocycles. The summed E-state index contributed by atoms with van der Waals surface area (Å²) in [5.41, 5.74) is 0. The van der Waals surface area contributed by atoms with Gasteiger partial charge in [-0.05, 0) is 56.2 Å². The zero-order valence-corrected chi connectivity index (χ0v) is 13.8. The maximum Gasteiger partial charge on any atom is 0.299 e. The Morgan fingerprint density at radius 3 is 2.12 bits per heavy atom. The Kier molecular flexibility index (Phi) is 4.40. The molecule has 0 aromatic rings. The van der Waals surface area contributed by atoms with Crippen molar-refractivity contribution in [3.8, 4) is 0 Å². The summed E-state index contributed by atoms with van der Waals surface area (Å²) in [5, 5.41) is 0. The third kappa shape index (κ3) is 4.31. The fourth-order valence-corrected chi connectivity index (χ4v) is 17.4. The Balaban J connectivity index is 2.29. The van der Waals surface area contributed by atoms with Gasteiger partial charge in [0, 0.05) is 0 Å². The Morgan fingerprint density at radius 2 is 1.62 bits per heavy atom. The van der Waals surface area contributed by atoms with Crippen LogP contribution in [0.2, 0.25) is 0 Å². The lowest BCUT2D eigenvalue weighted by Crippen LogP contribution is -1.96. The van der Waals surface area contributed by atoms with Crippen molar-refractivity contribution in [3.63, 3.8) is 0 Å². The van der Waals surface area contributed by atoms with Gasteiger partial charge in [0.25, 0.3) is 18.6 Å². The summed E-state index contributed by atoms with van der Waals surface area (Å²) in [6.07, 6.45) is 0.0247. The number of hydrogen-bond donors (Lipinski definition) is 0. The molecule has 2 aliphatic heterocycles. The van der Waals surface area contributed by atoms with Crippen LogP contribution in [-0.4, -0.2) is 19.3 Å². The molecule has 0 aromatic carbocycles. The van der Waals surface area contributed by atoms with Crippen LogP contribution in [0, 0.1) is 0 Å². The van der Waals surface area contributed by atoms with E-state index in [1.807, 2.05) is 0 Å². The minimum absolute atomic E-state index is 0.0247. The van der Waals surface area contributed by atoms with Gasteiger partial charge in [-0.3, -0.25) is 0 Å². The molecule has 2 aliphatic rings. The summed E-state index contributed by atoms with van der Waals surface area (Å²) in [6, 6.07) is 0. The van der Waals surface area contributed by atoms with Gasteiger partial charge in [0.05, 0.1) is 13.2 Å². The molecule has 16 heavy (non-hydrogen) atoms. The first-order valence-electron chi connectivity index (χ1n) is 3.86. The minimum Gasteiger partial charge on any atom is -0.371 e. The average Bonchev–Trinajstić information content (AvgIpc) is 2.75. The van der Waals surface area contributed by atoms with E-state index in [9.17, 15) is 0 Å². The highest BCUT2D eigenvalue weighted by atomic mass is 35.9. The van der Waals surface area contributed by atoms with Gasteiger partial charge in [0.15, 0.2) is 0 Å². The van der Waals surface area contributed by atoms with Crippen LogP contribution in [0.4, 0.5) is 0 Å². The summed E-state index contributed by atoms with van der Waals surface area (Å²) in [4.78, 5) is 0. The molecule has 0 amide bonds. The van der Waals surface area contributed by atoms with Crippen LogP contribution in [-0.2, 0) is 9.26 Å². The lowest BCUT2D eigenvalue weighted by Gasteiger charge is -2.20. The highest BCUT2D eigenvalue weighted by Gasteiger charge is 2.35.